The number of rotatable bonds is 0. The van der Waals surface area contributed by atoms with E-state index in [1.807, 2.05) is 48.6 Å². The molecular weight excluding hydrogens is 324 g/mol. The van der Waals surface area contributed by atoms with E-state index < -0.39 is 0 Å². The molecule has 0 nitrogen and oxygen atoms in total. The van der Waals surface area contributed by atoms with E-state index in [4.69, 9.17) is 0 Å². The molecule has 27 heavy (non-hydrogen) atoms. The third-order valence-corrected chi connectivity index (χ3v) is 4.18. The van der Waals surface area contributed by atoms with Crippen molar-refractivity contribution >= 4 is 0 Å². The van der Waals surface area contributed by atoms with Crippen LogP contribution >= 0.6 is 0 Å². The summed E-state index contributed by atoms with van der Waals surface area (Å²) >= 11 is 0. The first-order valence-corrected chi connectivity index (χ1v) is 10.5. The van der Waals surface area contributed by atoms with Crippen molar-refractivity contribution in [3.8, 4) is 0 Å². The lowest BCUT2D eigenvalue weighted by atomic mass is 10.1. The molecule has 0 aromatic rings. The molecule has 0 atom stereocenters. The molecular formula is C27H36. The summed E-state index contributed by atoms with van der Waals surface area (Å²) in [6.45, 7) is 0. The van der Waals surface area contributed by atoms with Gasteiger partial charge in [-0.3, -0.25) is 0 Å². The Morgan fingerprint density at radius 2 is 0.444 bits per heavy atom. The van der Waals surface area contributed by atoms with Crippen LogP contribution in [-0.2, 0) is 0 Å². The van der Waals surface area contributed by atoms with Crippen molar-refractivity contribution in [1.29, 1.82) is 0 Å². The maximum atomic E-state index is 2.27. The van der Waals surface area contributed by atoms with Crippen LogP contribution in [0.5, 0.6) is 0 Å². The summed E-state index contributed by atoms with van der Waals surface area (Å²) in [6, 6.07) is 0. The van der Waals surface area contributed by atoms with Crippen molar-refractivity contribution in [2.45, 2.75) is 57.8 Å². The van der Waals surface area contributed by atoms with Gasteiger partial charge in [0.15, 0.2) is 0 Å². The van der Waals surface area contributed by atoms with Crippen LogP contribution in [0.4, 0.5) is 0 Å². The highest BCUT2D eigenvalue weighted by Gasteiger charge is 1.90. The third kappa shape index (κ3) is 18.3. The molecule has 0 amide bonds. The summed E-state index contributed by atoms with van der Waals surface area (Å²) in [5.74, 6) is 0. The van der Waals surface area contributed by atoms with Crippen molar-refractivity contribution < 1.29 is 0 Å². The zero-order valence-electron chi connectivity index (χ0n) is 16.8. The third-order valence-electron chi connectivity index (χ3n) is 4.18. The molecule has 1 aliphatic carbocycles. The van der Waals surface area contributed by atoms with Gasteiger partial charge in [0.1, 0.15) is 0 Å². The molecule has 0 radical (unpaired) electrons. The minimum Gasteiger partial charge on any atom is -0.0845 e. The number of hydrogen-bond acceptors (Lipinski definition) is 0. The van der Waals surface area contributed by atoms with Gasteiger partial charge in [0.05, 0.1) is 0 Å². The summed E-state index contributed by atoms with van der Waals surface area (Å²) in [7, 11) is 0. The van der Waals surface area contributed by atoms with Gasteiger partial charge in [-0.25, -0.2) is 0 Å². The second-order valence-corrected chi connectivity index (χ2v) is 6.60. The second-order valence-electron chi connectivity index (χ2n) is 6.60. The summed E-state index contributed by atoms with van der Waals surface area (Å²) in [5, 5.41) is 0. The van der Waals surface area contributed by atoms with Crippen LogP contribution in [0.25, 0.3) is 0 Å². The predicted octanol–water partition coefficient (Wildman–Crippen LogP) is 8.52. The Morgan fingerprint density at radius 3 is 0.741 bits per heavy atom. The maximum absolute atomic E-state index is 2.27. The van der Waals surface area contributed by atoms with Gasteiger partial charge in [0, 0.05) is 0 Å². The number of allylic oxidation sites excluding steroid dienone is 18. The van der Waals surface area contributed by atoms with Crippen molar-refractivity contribution in [3.05, 3.63) is 109 Å². The largest absolute Gasteiger partial charge is 0.0845 e. The highest BCUT2D eigenvalue weighted by Crippen LogP contribution is 2.10. The molecule has 0 bridgehead atoms. The van der Waals surface area contributed by atoms with Crippen LogP contribution in [0, 0.1) is 0 Å². The van der Waals surface area contributed by atoms with Crippen LogP contribution < -0.4 is 0 Å². The fraction of sp³-hybridized carbons (Fsp3) is 0.333. The van der Waals surface area contributed by atoms with Crippen LogP contribution in [0.1, 0.15) is 57.8 Å². The van der Waals surface area contributed by atoms with Crippen molar-refractivity contribution in [3.63, 3.8) is 0 Å². The minimum absolute atomic E-state index is 1.19. The second kappa shape index (κ2) is 20.0. The molecule has 0 spiro atoms. The molecule has 0 aromatic heterocycles. The lowest BCUT2D eigenvalue weighted by Crippen LogP contribution is -1.80. The first-order chi connectivity index (χ1) is 13.5. The molecule has 0 aliphatic heterocycles. The van der Waals surface area contributed by atoms with Gasteiger partial charge in [-0.1, -0.05) is 141 Å². The van der Waals surface area contributed by atoms with Gasteiger partial charge in [0.25, 0.3) is 0 Å². The molecule has 0 heterocycles. The average Bonchev–Trinajstić information content (AvgIpc) is 2.68. The lowest BCUT2D eigenvalue weighted by Gasteiger charge is -2.00. The zero-order valence-corrected chi connectivity index (χ0v) is 16.8. The summed E-state index contributed by atoms with van der Waals surface area (Å²) < 4.78 is 0. The molecule has 1 rings (SSSR count). The average molecular weight is 361 g/mol. The van der Waals surface area contributed by atoms with Crippen molar-refractivity contribution in [2.75, 3.05) is 0 Å². The van der Waals surface area contributed by atoms with Gasteiger partial charge < -0.3 is 0 Å². The maximum Gasteiger partial charge on any atom is -0.0348 e. The Balaban J connectivity index is 2.42. The fourth-order valence-electron chi connectivity index (χ4n) is 2.66. The van der Waals surface area contributed by atoms with Crippen LogP contribution in [-0.4, -0.2) is 0 Å². The Hall–Kier alpha value is -2.34. The molecule has 0 fully saturated rings. The van der Waals surface area contributed by atoms with Gasteiger partial charge in [0.2, 0.25) is 0 Å². The molecule has 0 saturated heterocycles. The molecule has 1 aliphatic rings. The molecule has 0 saturated carbocycles. The van der Waals surface area contributed by atoms with Crippen molar-refractivity contribution in [2.24, 2.45) is 0 Å². The fourth-order valence-corrected chi connectivity index (χ4v) is 2.66. The molecule has 144 valence electrons. The quantitative estimate of drug-likeness (QED) is 0.406. The Bertz CT molecular complexity index is 534. The highest BCUT2D eigenvalue weighted by molar-refractivity contribution is 5.21. The normalized spacial score (nSPS) is 28.1. The monoisotopic (exact) mass is 360 g/mol. The predicted molar refractivity (Wildman–Crippen MR) is 124 cm³/mol. The molecule has 0 aromatic carbocycles. The summed E-state index contributed by atoms with van der Waals surface area (Å²) in [4.78, 5) is 0. The minimum atomic E-state index is 1.19. The first kappa shape index (κ1) is 22.7. The van der Waals surface area contributed by atoms with Crippen LogP contribution in [0.3, 0.4) is 0 Å². The molecule has 0 N–H and O–H groups in total. The smallest absolute Gasteiger partial charge is 0.0348 e. The first-order valence-electron chi connectivity index (χ1n) is 10.5. The number of hydrogen-bond donors (Lipinski definition) is 0. The van der Waals surface area contributed by atoms with E-state index in [1.54, 1.807) is 0 Å². The Morgan fingerprint density at radius 1 is 0.222 bits per heavy atom. The Kier molecular flexibility index (Phi) is 16.8. The van der Waals surface area contributed by atoms with Crippen LogP contribution in [0.2, 0.25) is 0 Å². The molecule has 0 heteroatoms. The summed E-state index contributed by atoms with van der Waals surface area (Å²) in [6.07, 6.45) is 49.5. The van der Waals surface area contributed by atoms with Gasteiger partial charge >= 0.3 is 0 Å². The SMILES string of the molecule is C1=CCCCCCCCCC/C=C/C=C/C=C/C=C/C=C\C=C\C=C\C=C\1. The van der Waals surface area contributed by atoms with E-state index in [0.717, 1.165) is 0 Å². The summed E-state index contributed by atoms with van der Waals surface area (Å²) in [5.41, 5.74) is 0. The molecule has 0 unspecified atom stereocenters. The zero-order chi connectivity index (χ0) is 19.1. The van der Waals surface area contributed by atoms with Crippen LogP contribution in [0.15, 0.2) is 109 Å². The van der Waals surface area contributed by atoms with Crippen molar-refractivity contribution in [1.82, 2.24) is 0 Å². The standard InChI is InChI=1S/C27H36/c1-2-4-6-8-10-12-14-16-18-20-22-24-26-27-25-23-21-19-17-15-13-11-9-7-5-3-1/h1-18H,19-27H2/b2-1-,5-3+,6-4+,9-7+,10-8+,13-11+,14-12+,17-15+,18-16?. The highest BCUT2D eigenvalue weighted by atomic mass is 14.0. The van der Waals surface area contributed by atoms with E-state index >= 15 is 0 Å². The lowest BCUT2D eigenvalue weighted by molar-refractivity contribution is 0.583. The van der Waals surface area contributed by atoms with Gasteiger partial charge in [-0.15, -0.1) is 0 Å². The van der Waals surface area contributed by atoms with E-state index in [-0.39, 0.29) is 0 Å². The van der Waals surface area contributed by atoms with Gasteiger partial charge in [-0.05, 0) is 25.7 Å². The van der Waals surface area contributed by atoms with E-state index in [0.29, 0.717) is 0 Å². The Labute approximate surface area is 167 Å². The van der Waals surface area contributed by atoms with Gasteiger partial charge in [-0.2, -0.15) is 0 Å². The van der Waals surface area contributed by atoms with E-state index in [1.165, 1.54) is 57.8 Å². The topological polar surface area (TPSA) is 0 Å². The van der Waals surface area contributed by atoms with E-state index in [2.05, 4.69) is 60.8 Å². The van der Waals surface area contributed by atoms with E-state index in [9.17, 15) is 0 Å².